The molecule has 1 heterocycles. The minimum absolute atomic E-state index is 0.0656. The Morgan fingerprint density at radius 3 is 2.79 bits per heavy atom. The van der Waals surface area contributed by atoms with Crippen molar-refractivity contribution in [3.63, 3.8) is 0 Å². The molecule has 19 heavy (non-hydrogen) atoms. The first-order valence-electron chi connectivity index (χ1n) is 6.79. The van der Waals surface area contributed by atoms with Crippen molar-refractivity contribution in [1.82, 2.24) is 9.71 Å². The van der Waals surface area contributed by atoms with Crippen molar-refractivity contribution in [2.24, 2.45) is 5.92 Å². The molecule has 0 atom stereocenters. The van der Waals surface area contributed by atoms with Crippen LogP contribution < -0.4 is 10.5 Å². The molecular weight excluding hydrogens is 262 g/mol. The van der Waals surface area contributed by atoms with Gasteiger partial charge in [-0.2, -0.15) is 0 Å². The predicted octanol–water partition coefficient (Wildman–Crippen LogP) is 1.91. The average Bonchev–Trinajstić information content (AvgIpc) is 2.88. The van der Waals surface area contributed by atoms with Gasteiger partial charge in [0.15, 0.2) is 0 Å². The Bertz CT molecular complexity index is 510. The van der Waals surface area contributed by atoms with Gasteiger partial charge in [-0.3, -0.25) is 4.98 Å². The van der Waals surface area contributed by atoms with Gasteiger partial charge >= 0.3 is 0 Å². The predicted molar refractivity (Wildman–Crippen MR) is 75.0 cm³/mol. The molecule has 1 saturated carbocycles. The van der Waals surface area contributed by atoms with Crippen LogP contribution >= 0.6 is 0 Å². The molecule has 0 spiro atoms. The maximum absolute atomic E-state index is 12.0. The number of hydrogen-bond donors (Lipinski definition) is 2. The van der Waals surface area contributed by atoms with E-state index in [4.69, 9.17) is 5.73 Å². The second-order valence-electron chi connectivity index (χ2n) is 5.10. The second kappa shape index (κ2) is 6.34. The third-order valence-electron chi connectivity index (χ3n) is 3.66. The van der Waals surface area contributed by atoms with Crippen LogP contribution in [-0.2, 0) is 10.0 Å². The highest BCUT2D eigenvalue weighted by Crippen LogP contribution is 2.28. The lowest BCUT2D eigenvalue weighted by Crippen LogP contribution is -2.26. The maximum Gasteiger partial charge on any atom is 0.244 e. The summed E-state index contributed by atoms with van der Waals surface area (Å²) in [6, 6.07) is 1.49. The van der Waals surface area contributed by atoms with Crippen LogP contribution in [-0.4, -0.2) is 19.9 Å². The van der Waals surface area contributed by atoms with Crippen LogP contribution in [0.15, 0.2) is 23.4 Å². The van der Waals surface area contributed by atoms with E-state index in [1.54, 1.807) is 0 Å². The molecule has 1 fully saturated rings. The van der Waals surface area contributed by atoms with E-state index in [-0.39, 0.29) is 10.6 Å². The molecule has 1 aliphatic carbocycles. The number of sulfonamides is 1. The summed E-state index contributed by atoms with van der Waals surface area (Å²) in [5.41, 5.74) is 5.89. The second-order valence-corrected chi connectivity index (χ2v) is 6.84. The van der Waals surface area contributed by atoms with Gasteiger partial charge in [-0.1, -0.05) is 25.7 Å². The number of hydrogen-bond acceptors (Lipinski definition) is 4. The maximum atomic E-state index is 12.0. The fraction of sp³-hybridized carbons (Fsp3) is 0.615. The van der Waals surface area contributed by atoms with Gasteiger partial charge in [0.25, 0.3) is 0 Å². The summed E-state index contributed by atoms with van der Waals surface area (Å²) in [5, 5.41) is 0. The Balaban J connectivity index is 1.82. The molecular formula is C13H21N3O2S. The zero-order chi connectivity index (χ0) is 13.7. The fourth-order valence-electron chi connectivity index (χ4n) is 2.59. The van der Waals surface area contributed by atoms with Crippen molar-refractivity contribution in [2.45, 2.75) is 43.4 Å². The van der Waals surface area contributed by atoms with Gasteiger partial charge in [0.05, 0.1) is 5.69 Å². The number of anilines is 1. The van der Waals surface area contributed by atoms with Gasteiger partial charge in [-0.05, 0) is 24.8 Å². The number of aromatic nitrogens is 1. The van der Waals surface area contributed by atoms with E-state index in [2.05, 4.69) is 9.71 Å². The Hall–Kier alpha value is -1.14. The number of rotatable bonds is 6. The van der Waals surface area contributed by atoms with Gasteiger partial charge in [-0.15, -0.1) is 0 Å². The summed E-state index contributed by atoms with van der Waals surface area (Å²) in [4.78, 5) is 3.87. The van der Waals surface area contributed by atoms with Gasteiger partial charge < -0.3 is 5.73 Å². The number of nitrogens with one attached hydrogen (secondary N) is 1. The molecule has 0 amide bonds. The molecule has 0 aromatic carbocycles. The van der Waals surface area contributed by atoms with Crippen molar-refractivity contribution in [1.29, 1.82) is 0 Å². The van der Waals surface area contributed by atoms with E-state index in [1.165, 1.54) is 44.1 Å². The normalized spacial score (nSPS) is 16.8. The molecule has 0 radical (unpaired) electrons. The molecule has 2 rings (SSSR count). The summed E-state index contributed by atoms with van der Waals surface area (Å²) in [7, 11) is -3.52. The summed E-state index contributed by atoms with van der Waals surface area (Å²) in [6.07, 6.45) is 9.98. The molecule has 5 nitrogen and oxygen atoms in total. The van der Waals surface area contributed by atoms with Crippen LogP contribution in [0.3, 0.4) is 0 Å². The van der Waals surface area contributed by atoms with Crippen molar-refractivity contribution < 1.29 is 8.42 Å². The zero-order valence-electron chi connectivity index (χ0n) is 11.0. The van der Waals surface area contributed by atoms with Crippen molar-refractivity contribution in [3.8, 4) is 0 Å². The molecule has 106 valence electrons. The van der Waals surface area contributed by atoms with Gasteiger partial charge in [0, 0.05) is 18.9 Å². The van der Waals surface area contributed by atoms with Crippen LogP contribution in [0.1, 0.15) is 38.5 Å². The molecule has 0 aliphatic heterocycles. The molecule has 1 aromatic heterocycles. The van der Waals surface area contributed by atoms with E-state index in [0.29, 0.717) is 6.54 Å². The fourth-order valence-corrected chi connectivity index (χ4v) is 3.74. The average molecular weight is 283 g/mol. The number of pyridine rings is 1. The minimum atomic E-state index is -3.52. The standard InChI is InChI=1S/C13H21N3O2S/c14-12-7-9-15-10-13(12)19(17,18)16-8-3-6-11-4-1-2-5-11/h7,9-11,16H,1-6,8H2,(H2,14,15). The number of nitrogens with two attached hydrogens (primary N) is 1. The summed E-state index contributed by atoms with van der Waals surface area (Å²) >= 11 is 0. The Morgan fingerprint density at radius 1 is 1.37 bits per heavy atom. The van der Waals surface area contributed by atoms with Crippen molar-refractivity contribution in [2.75, 3.05) is 12.3 Å². The lowest BCUT2D eigenvalue weighted by atomic mass is 10.0. The van der Waals surface area contributed by atoms with E-state index >= 15 is 0 Å². The molecule has 0 bridgehead atoms. The summed E-state index contributed by atoms with van der Waals surface area (Å²) < 4.78 is 26.6. The smallest absolute Gasteiger partial charge is 0.244 e. The molecule has 1 aromatic rings. The quantitative estimate of drug-likeness (QED) is 0.781. The van der Waals surface area contributed by atoms with Crippen LogP contribution in [0.5, 0.6) is 0 Å². The molecule has 1 aliphatic rings. The highest BCUT2D eigenvalue weighted by Gasteiger charge is 2.18. The molecule has 0 unspecified atom stereocenters. The van der Waals surface area contributed by atoms with Crippen molar-refractivity contribution in [3.05, 3.63) is 18.5 Å². The SMILES string of the molecule is Nc1ccncc1S(=O)(=O)NCCCC1CCCC1. The first-order chi connectivity index (χ1) is 9.09. The van der Waals surface area contributed by atoms with Crippen LogP contribution in [0.2, 0.25) is 0 Å². The van der Waals surface area contributed by atoms with Gasteiger partial charge in [0.2, 0.25) is 10.0 Å². The van der Waals surface area contributed by atoms with E-state index in [1.807, 2.05) is 0 Å². The van der Waals surface area contributed by atoms with E-state index in [9.17, 15) is 8.42 Å². The highest BCUT2D eigenvalue weighted by atomic mass is 32.2. The summed E-state index contributed by atoms with van der Waals surface area (Å²) in [6.45, 7) is 0.465. The first-order valence-corrected chi connectivity index (χ1v) is 8.27. The van der Waals surface area contributed by atoms with Gasteiger partial charge in [0.1, 0.15) is 4.90 Å². The Kier molecular flexibility index (Phi) is 4.76. The van der Waals surface area contributed by atoms with Crippen LogP contribution in [0.4, 0.5) is 5.69 Å². The lowest BCUT2D eigenvalue weighted by Gasteiger charge is -2.10. The van der Waals surface area contributed by atoms with Crippen LogP contribution in [0.25, 0.3) is 0 Å². The zero-order valence-corrected chi connectivity index (χ0v) is 11.8. The first kappa shape index (κ1) is 14.3. The molecule has 3 N–H and O–H groups in total. The largest absolute Gasteiger partial charge is 0.398 e. The molecule has 0 saturated heterocycles. The third kappa shape index (κ3) is 3.91. The molecule has 6 heteroatoms. The third-order valence-corrected chi connectivity index (χ3v) is 5.17. The monoisotopic (exact) mass is 283 g/mol. The Morgan fingerprint density at radius 2 is 2.11 bits per heavy atom. The number of nitrogens with zero attached hydrogens (tertiary/aromatic N) is 1. The summed E-state index contributed by atoms with van der Waals surface area (Å²) in [5.74, 6) is 0.785. The lowest BCUT2D eigenvalue weighted by molar-refractivity contribution is 0.480. The van der Waals surface area contributed by atoms with Crippen molar-refractivity contribution >= 4 is 15.7 Å². The Labute approximate surface area is 114 Å². The van der Waals surface area contributed by atoms with Gasteiger partial charge in [-0.25, -0.2) is 13.1 Å². The number of nitrogen functional groups attached to an aromatic ring is 1. The minimum Gasteiger partial charge on any atom is -0.398 e. The van der Waals surface area contributed by atoms with E-state index < -0.39 is 10.0 Å². The van der Waals surface area contributed by atoms with Crippen LogP contribution in [0, 0.1) is 5.92 Å². The topological polar surface area (TPSA) is 85.1 Å². The highest BCUT2D eigenvalue weighted by molar-refractivity contribution is 7.89. The van der Waals surface area contributed by atoms with E-state index in [0.717, 1.165) is 18.8 Å².